The first-order valence-electron chi connectivity index (χ1n) is 6.78. The van der Waals surface area contributed by atoms with Gasteiger partial charge in [0.15, 0.2) is 0 Å². The van der Waals surface area contributed by atoms with Crippen molar-refractivity contribution in [3.8, 4) is 0 Å². The second-order valence-electron chi connectivity index (χ2n) is 4.95. The number of hydrogen-bond acceptors (Lipinski definition) is 3. The van der Waals surface area contributed by atoms with Crippen molar-refractivity contribution in [3.05, 3.63) is 63.4 Å². The van der Waals surface area contributed by atoms with Crippen molar-refractivity contribution < 1.29 is 5.11 Å². The predicted molar refractivity (Wildman–Crippen MR) is 86.6 cm³/mol. The van der Waals surface area contributed by atoms with Crippen LogP contribution in [0.4, 0.5) is 0 Å². The molecule has 1 aromatic carbocycles. The average Bonchev–Trinajstić information content (AvgIpc) is 2.46. The Balaban J connectivity index is 2.11. The van der Waals surface area contributed by atoms with E-state index in [1.54, 1.807) is 12.3 Å². The minimum absolute atomic E-state index is 0.104. The number of nitrogens with zero attached hydrogens (tertiary/aromatic N) is 2. The molecule has 0 atom stereocenters. The maximum atomic E-state index is 9.25. The molecule has 1 heterocycles. The topological polar surface area (TPSA) is 36.4 Å². The van der Waals surface area contributed by atoms with E-state index in [4.69, 9.17) is 23.2 Å². The van der Waals surface area contributed by atoms with Gasteiger partial charge in [0.25, 0.3) is 0 Å². The molecule has 0 amide bonds. The van der Waals surface area contributed by atoms with Crippen LogP contribution in [0.15, 0.2) is 36.5 Å². The Bertz CT molecular complexity index is 605. The van der Waals surface area contributed by atoms with Crippen LogP contribution in [-0.4, -0.2) is 28.1 Å². The summed E-state index contributed by atoms with van der Waals surface area (Å²) in [6.07, 6.45) is 1.79. The van der Waals surface area contributed by atoms with Gasteiger partial charge >= 0.3 is 0 Å². The summed E-state index contributed by atoms with van der Waals surface area (Å²) in [4.78, 5) is 6.54. The zero-order valence-corrected chi connectivity index (χ0v) is 13.4. The molecule has 0 saturated heterocycles. The Kier molecular flexibility index (Phi) is 6.00. The van der Waals surface area contributed by atoms with Gasteiger partial charge in [0, 0.05) is 25.8 Å². The molecule has 0 saturated carbocycles. The lowest BCUT2D eigenvalue weighted by molar-refractivity contribution is 0.182. The van der Waals surface area contributed by atoms with Gasteiger partial charge in [0.2, 0.25) is 0 Å². The van der Waals surface area contributed by atoms with Crippen LogP contribution in [0.1, 0.15) is 16.8 Å². The number of pyridine rings is 1. The number of aliphatic hydroxyl groups excluding tert-OH is 1. The van der Waals surface area contributed by atoms with E-state index in [0.29, 0.717) is 29.7 Å². The molecule has 0 aliphatic rings. The summed E-state index contributed by atoms with van der Waals surface area (Å²) in [7, 11) is 0. The molecule has 0 aliphatic carbocycles. The zero-order valence-electron chi connectivity index (χ0n) is 11.9. The van der Waals surface area contributed by atoms with E-state index in [2.05, 4.69) is 9.88 Å². The SMILES string of the molecule is Cc1cccnc1CN(CCO)Cc1ccc(Cl)c(Cl)c1. The van der Waals surface area contributed by atoms with Crippen molar-refractivity contribution in [3.63, 3.8) is 0 Å². The average molecular weight is 325 g/mol. The van der Waals surface area contributed by atoms with Crippen LogP contribution >= 0.6 is 23.2 Å². The highest BCUT2D eigenvalue weighted by Crippen LogP contribution is 2.23. The first kappa shape index (κ1) is 16.2. The fourth-order valence-corrected chi connectivity index (χ4v) is 2.47. The quantitative estimate of drug-likeness (QED) is 0.880. The summed E-state index contributed by atoms with van der Waals surface area (Å²) in [6, 6.07) is 9.57. The van der Waals surface area contributed by atoms with Gasteiger partial charge in [-0.05, 0) is 36.2 Å². The van der Waals surface area contributed by atoms with Crippen LogP contribution in [0.2, 0.25) is 10.0 Å². The predicted octanol–water partition coefficient (Wildman–Crippen LogP) is 3.69. The molecule has 0 bridgehead atoms. The Labute approximate surface area is 135 Å². The minimum Gasteiger partial charge on any atom is -0.395 e. The Hall–Kier alpha value is -1.13. The third-order valence-electron chi connectivity index (χ3n) is 3.30. The van der Waals surface area contributed by atoms with Gasteiger partial charge in [-0.1, -0.05) is 35.3 Å². The summed E-state index contributed by atoms with van der Waals surface area (Å²) in [5.41, 5.74) is 3.23. The van der Waals surface area contributed by atoms with Crippen molar-refractivity contribution in [1.29, 1.82) is 0 Å². The number of aryl methyl sites for hydroxylation is 1. The lowest BCUT2D eigenvalue weighted by atomic mass is 10.1. The molecule has 112 valence electrons. The Morgan fingerprint density at radius 3 is 2.62 bits per heavy atom. The smallest absolute Gasteiger partial charge is 0.0595 e. The molecule has 5 heteroatoms. The van der Waals surface area contributed by atoms with Crippen molar-refractivity contribution in [2.24, 2.45) is 0 Å². The first-order valence-corrected chi connectivity index (χ1v) is 7.53. The van der Waals surface area contributed by atoms with E-state index >= 15 is 0 Å². The van der Waals surface area contributed by atoms with Crippen molar-refractivity contribution in [2.45, 2.75) is 20.0 Å². The maximum Gasteiger partial charge on any atom is 0.0595 e. The van der Waals surface area contributed by atoms with Gasteiger partial charge in [0.05, 0.1) is 22.3 Å². The van der Waals surface area contributed by atoms with Gasteiger partial charge in [-0.15, -0.1) is 0 Å². The third kappa shape index (κ3) is 4.68. The van der Waals surface area contributed by atoms with Crippen LogP contribution < -0.4 is 0 Å². The molecule has 21 heavy (non-hydrogen) atoms. The fourth-order valence-electron chi connectivity index (χ4n) is 2.15. The maximum absolute atomic E-state index is 9.25. The van der Waals surface area contributed by atoms with E-state index in [9.17, 15) is 5.11 Å². The second-order valence-corrected chi connectivity index (χ2v) is 5.76. The summed E-state index contributed by atoms with van der Waals surface area (Å²) in [5.74, 6) is 0. The van der Waals surface area contributed by atoms with Gasteiger partial charge in [-0.3, -0.25) is 9.88 Å². The normalized spacial score (nSPS) is 11.1. The molecule has 0 radical (unpaired) electrons. The van der Waals surface area contributed by atoms with E-state index in [0.717, 1.165) is 16.8 Å². The number of hydrogen-bond donors (Lipinski definition) is 1. The summed E-state index contributed by atoms with van der Waals surface area (Å²) >= 11 is 12.0. The van der Waals surface area contributed by atoms with Gasteiger partial charge in [0.1, 0.15) is 0 Å². The standard InChI is InChI=1S/C16H18Cl2N2O/c1-12-3-2-6-19-16(12)11-20(7-8-21)10-13-4-5-14(17)15(18)9-13/h2-6,9,21H,7-8,10-11H2,1H3. The molecule has 0 spiro atoms. The second kappa shape index (κ2) is 7.76. The van der Waals surface area contributed by atoms with Crippen LogP contribution in [-0.2, 0) is 13.1 Å². The van der Waals surface area contributed by atoms with E-state index in [1.165, 1.54) is 0 Å². The number of aromatic nitrogens is 1. The molecule has 0 fully saturated rings. The molecule has 1 aromatic heterocycles. The third-order valence-corrected chi connectivity index (χ3v) is 4.04. The number of aliphatic hydroxyl groups is 1. The van der Waals surface area contributed by atoms with Crippen LogP contribution in [0.3, 0.4) is 0 Å². The first-order chi connectivity index (χ1) is 10.1. The minimum atomic E-state index is 0.104. The lowest BCUT2D eigenvalue weighted by Gasteiger charge is -2.22. The van der Waals surface area contributed by atoms with Gasteiger partial charge in [-0.2, -0.15) is 0 Å². The molecule has 3 nitrogen and oxygen atoms in total. The molecule has 2 aromatic rings. The zero-order chi connectivity index (χ0) is 15.2. The highest BCUT2D eigenvalue weighted by atomic mass is 35.5. The Morgan fingerprint density at radius 1 is 1.14 bits per heavy atom. The summed E-state index contributed by atoms with van der Waals surface area (Å²) < 4.78 is 0. The van der Waals surface area contributed by atoms with Crippen LogP contribution in [0, 0.1) is 6.92 Å². The monoisotopic (exact) mass is 324 g/mol. The molecule has 1 N–H and O–H groups in total. The van der Waals surface area contributed by atoms with E-state index < -0.39 is 0 Å². The molecule has 0 unspecified atom stereocenters. The highest BCUT2D eigenvalue weighted by Gasteiger charge is 2.10. The molecule has 2 rings (SSSR count). The van der Waals surface area contributed by atoms with Gasteiger partial charge < -0.3 is 5.11 Å². The summed E-state index contributed by atoms with van der Waals surface area (Å²) in [6.45, 7) is 4.10. The van der Waals surface area contributed by atoms with Crippen LogP contribution in [0.5, 0.6) is 0 Å². The number of halogens is 2. The van der Waals surface area contributed by atoms with Gasteiger partial charge in [-0.25, -0.2) is 0 Å². The van der Waals surface area contributed by atoms with Crippen molar-refractivity contribution >= 4 is 23.2 Å². The van der Waals surface area contributed by atoms with Crippen molar-refractivity contribution in [2.75, 3.05) is 13.2 Å². The van der Waals surface area contributed by atoms with E-state index in [1.807, 2.05) is 31.2 Å². The molecular formula is C16H18Cl2N2O. The van der Waals surface area contributed by atoms with E-state index in [-0.39, 0.29) is 6.61 Å². The number of rotatable bonds is 6. The molecular weight excluding hydrogens is 307 g/mol. The molecule has 0 aliphatic heterocycles. The highest BCUT2D eigenvalue weighted by molar-refractivity contribution is 6.42. The largest absolute Gasteiger partial charge is 0.395 e. The lowest BCUT2D eigenvalue weighted by Crippen LogP contribution is -2.26. The fraction of sp³-hybridized carbons (Fsp3) is 0.312. The Morgan fingerprint density at radius 2 is 1.95 bits per heavy atom. The van der Waals surface area contributed by atoms with Crippen molar-refractivity contribution in [1.82, 2.24) is 9.88 Å². The van der Waals surface area contributed by atoms with Crippen LogP contribution in [0.25, 0.3) is 0 Å². The number of benzene rings is 1. The summed E-state index contributed by atoms with van der Waals surface area (Å²) in [5, 5.41) is 10.4.